The normalized spacial score (nSPS) is 45.8. The van der Waals surface area contributed by atoms with Crippen LogP contribution in [0.15, 0.2) is 99.2 Å². The number of ether oxygens (including phenoxy) is 14. The topological polar surface area (TPSA) is 167 Å². The van der Waals surface area contributed by atoms with Crippen molar-refractivity contribution < 1.29 is 88.6 Å². The molecule has 18 heteroatoms. The van der Waals surface area contributed by atoms with Crippen LogP contribution in [0.25, 0.3) is 0 Å². The van der Waals surface area contributed by atoms with Gasteiger partial charge in [0.1, 0.15) is 42.9 Å². The van der Waals surface area contributed by atoms with Gasteiger partial charge in [-0.3, -0.25) is 0 Å². The van der Waals surface area contributed by atoms with Crippen LogP contribution in [0.1, 0.15) is 230 Å². The van der Waals surface area contributed by atoms with Crippen LogP contribution in [0.4, 0.5) is 0 Å². The first-order valence-electron chi connectivity index (χ1n) is 42.2. The first-order valence-corrected chi connectivity index (χ1v) is 42.2. The van der Waals surface area contributed by atoms with Crippen LogP contribution in [0.2, 0.25) is 0 Å². The van der Waals surface area contributed by atoms with Crippen molar-refractivity contribution in [2.24, 2.45) is 59.2 Å². The summed E-state index contributed by atoms with van der Waals surface area (Å²) >= 11 is 0. The Hall–Kier alpha value is -2.08. The zero-order valence-electron chi connectivity index (χ0n) is 67.8. The predicted octanol–water partition coefficient (Wildman–Crippen LogP) is 13.7. The van der Waals surface area contributed by atoms with E-state index in [2.05, 4.69) is 129 Å². The second-order valence-corrected chi connectivity index (χ2v) is 35.8. The third-order valence-electron chi connectivity index (χ3n) is 28.4. The number of carbonyl (C=O) groups is 1. The molecule has 16 aliphatic heterocycles. The van der Waals surface area contributed by atoms with Gasteiger partial charge in [0, 0.05) is 56.8 Å². The molecule has 16 aliphatic rings. The van der Waals surface area contributed by atoms with E-state index in [-0.39, 0.29) is 206 Å². The van der Waals surface area contributed by atoms with Gasteiger partial charge >= 0.3 is 23.1 Å². The molecule has 1 N–H and O–H groups in total. The predicted molar refractivity (Wildman–Crippen MR) is 419 cm³/mol. The summed E-state index contributed by atoms with van der Waals surface area (Å²) in [6, 6.07) is 0. The number of allylic oxidation sites excluding steroid dienone is 1. The van der Waals surface area contributed by atoms with Gasteiger partial charge in [0.2, 0.25) is 0 Å². The molecule has 0 aliphatic carbocycles. The molecule has 0 radical (unpaired) electrons. The van der Waals surface area contributed by atoms with Crippen LogP contribution in [-0.2, 0) is 71.1 Å². The third kappa shape index (κ3) is 19.4. The Morgan fingerprint density at radius 3 is 1.28 bits per heavy atom. The van der Waals surface area contributed by atoms with Crippen LogP contribution >= 0.6 is 0 Å². The van der Waals surface area contributed by atoms with E-state index < -0.39 is 17.7 Å². The summed E-state index contributed by atoms with van der Waals surface area (Å²) < 4.78 is 93.8. The maximum Gasteiger partial charge on any atom is 2.00 e. The molecular formula is C90H139ClMgO16. The largest absolute Gasteiger partial charge is 2.00 e. The van der Waals surface area contributed by atoms with E-state index in [1.54, 1.807) is 0 Å². The van der Waals surface area contributed by atoms with E-state index >= 15 is 0 Å². The maximum atomic E-state index is 11.7. The molecular weight excluding hydrogens is 1400 g/mol. The molecule has 0 aromatic rings. The molecule has 108 heavy (non-hydrogen) atoms. The number of hydrogen-bond donors (Lipinski definition) is 1. The number of hydrogen-bond acceptors (Lipinski definition) is 16. The van der Waals surface area contributed by atoms with E-state index in [1.807, 2.05) is 18.2 Å². The molecule has 16 saturated heterocycles. The van der Waals surface area contributed by atoms with Crippen molar-refractivity contribution in [1.29, 1.82) is 0 Å². The average Bonchev–Trinajstić information content (AvgIpc) is 1.56. The summed E-state index contributed by atoms with van der Waals surface area (Å²) in [4.78, 5) is 11.7. The van der Waals surface area contributed by atoms with Crippen LogP contribution < -0.4 is 12.4 Å². The fourth-order valence-electron chi connectivity index (χ4n) is 21.5. The second-order valence-electron chi connectivity index (χ2n) is 35.8. The molecule has 7 unspecified atom stereocenters. The summed E-state index contributed by atoms with van der Waals surface area (Å²) in [5.74, 6) is 2.37. The fourth-order valence-corrected chi connectivity index (χ4v) is 21.5. The molecule has 16 heterocycles. The minimum absolute atomic E-state index is 0. The summed E-state index contributed by atoms with van der Waals surface area (Å²) in [6.07, 6.45) is 30.1. The Balaban J connectivity index is 0.000000219. The van der Waals surface area contributed by atoms with Crippen molar-refractivity contribution in [1.82, 2.24) is 0 Å². The smallest absolute Gasteiger partial charge is 1.00 e. The number of aldehydes is 1. The van der Waals surface area contributed by atoms with E-state index in [0.717, 1.165) is 160 Å². The molecule has 604 valence electrons. The first kappa shape index (κ1) is 88.3. The van der Waals surface area contributed by atoms with Crippen molar-refractivity contribution in [2.75, 3.05) is 0 Å². The molecule has 0 aromatic carbocycles. The summed E-state index contributed by atoms with van der Waals surface area (Å²) in [5.41, 5.74) is 4.70. The van der Waals surface area contributed by atoms with Crippen LogP contribution in [-0.4, -0.2) is 199 Å². The standard InChI is InChI=1S/C45H70O8.C42H64O8.C3H5.ClH.Mg/c1-10-13-31(46)22-34-29(8)37(19-25(4)12-3)49-39(34)23-38-28(7)26(5)20-32(48-38)15-16-35-27(6)21-33(47-35)17-18-45-24-40-42(53-45)44-43(51-40)41(52-45)30(9)36(50-44)14-11-2;1-9-11-33-28(8)38-40-41(47-33)39-37(48-40)22-42(49-38,50-39)16-14-30-20-25(5)32(44-30)13-12-29-19-24(4)26(6)35(45-29)21-36-31(15-17-43)27(7)34(46-36)18-23(3)10-2;1-3-2;;/h10-11,25-26,29-44,46H,1-2,6-7,12-24H2,3-5,8-9H3;9,17,23-24,27-41H,1,5-6,10-16,18-22H2,2-4,7-8H3;3H,1-2H2;1H;/q;;-1;;+2/p-1/t25-,26-,29-,30?,31?,32+,33+,34-,35?,36+,37-,38-,39?,40-,41+,42+,43+,44+,45-;23-,24-,27-,28?,29+,30+,31-,32?,33+,34-,35-,36?,37-,38+,39+,40+,41+,42-;;;/m11.../s1. The van der Waals surface area contributed by atoms with Crippen molar-refractivity contribution in [2.45, 2.75) is 394 Å². The van der Waals surface area contributed by atoms with Gasteiger partial charge in [-0.25, -0.2) is 19.6 Å². The van der Waals surface area contributed by atoms with Gasteiger partial charge in [-0.15, -0.1) is 19.7 Å². The molecule has 0 aromatic heterocycles. The van der Waals surface area contributed by atoms with Gasteiger partial charge in [0.05, 0.1) is 116 Å². The SMILES string of the molecule is C=CCC(O)C[C@H]1C(C[C@H]2O[C@@H](CCC3O[C@@H](CC[C@@]45C[C@H]6O[C@@H]7[C@@H](O[C@@H](CC=C)C(C)[C@@H]7O4)[C@H]6O5)CC3=C)C[C@@H](C)C2=C)O[C@H](C[C@H](C)CC)[C@@H]1C.C=CC[C@@H]1O[C@H]2[C@H]3O[C@]4(CC[C@H]5CC(=C)C(CC[C@H]6C[C@@H](C)C(=C)[C@@H](CC7O[C@H](C[C@H](C)CC)[C@H](C)[C@H]7CC=O)O6)O5)C[C@H]3O[C@H]2[C@@H](O4)C1C.C=C[CH2-].[Cl-].[Mg+2]. The Kier molecular flexibility index (Phi) is 31.7. The minimum Gasteiger partial charge on any atom is -1.00 e. The van der Waals surface area contributed by atoms with E-state index in [1.165, 1.54) is 22.8 Å². The molecule has 0 saturated carbocycles. The molecule has 12 bridgehead atoms. The van der Waals surface area contributed by atoms with Gasteiger partial charge in [-0.2, -0.15) is 0 Å². The average molecular weight is 1540 g/mol. The molecule has 16 fully saturated rings. The molecule has 37 atom stereocenters. The van der Waals surface area contributed by atoms with Gasteiger partial charge in [0.15, 0.2) is 11.6 Å². The van der Waals surface area contributed by atoms with Gasteiger partial charge < -0.3 is 88.6 Å². The molecule has 0 spiro atoms. The van der Waals surface area contributed by atoms with E-state index in [0.29, 0.717) is 48.3 Å². The second kappa shape index (κ2) is 38.8. The van der Waals surface area contributed by atoms with Crippen molar-refractivity contribution in [3.8, 4) is 0 Å². The first-order chi connectivity index (χ1) is 50.9. The van der Waals surface area contributed by atoms with Gasteiger partial charge in [-0.1, -0.05) is 127 Å². The third-order valence-corrected chi connectivity index (χ3v) is 28.4. The van der Waals surface area contributed by atoms with Gasteiger partial charge in [-0.05, 0) is 172 Å². The van der Waals surface area contributed by atoms with Crippen molar-refractivity contribution >= 4 is 29.3 Å². The maximum absolute atomic E-state index is 11.7. The van der Waals surface area contributed by atoms with Crippen molar-refractivity contribution in [3.05, 3.63) is 106 Å². The Bertz CT molecular complexity index is 3020. The summed E-state index contributed by atoms with van der Waals surface area (Å²) in [6.45, 7) is 58.9. The Morgan fingerprint density at radius 2 is 0.870 bits per heavy atom. The Morgan fingerprint density at radius 1 is 0.472 bits per heavy atom. The fraction of sp³-hybridized carbons (Fsp3) is 0.800. The summed E-state index contributed by atoms with van der Waals surface area (Å²) in [5, 5.41) is 10.8. The molecule has 0 amide bonds. The van der Waals surface area contributed by atoms with Crippen LogP contribution in [0, 0.1) is 66.1 Å². The quantitative estimate of drug-likeness (QED) is 0.0292. The zero-order chi connectivity index (χ0) is 75.6. The number of aliphatic hydroxyl groups excluding tert-OH is 1. The number of carbonyl (C=O) groups excluding carboxylic acids is 1. The summed E-state index contributed by atoms with van der Waals surface area (Å²) in [7, 11) is 0. The van der Waals surface area contributed by atoms with Crippen molar-refractivity contribution in [3.63, 3.8) is 0 Å². The number of aliphatic hydroxyl groups is 1. The molecule has 16 nitrogen and oxygen atoms in total. The number of halogens is 1. The van der Waals surface area contributed by atoms with Crippen LogP contribution in [0.5, 0.6) is 0 Å². The van der Waals surface area contributed by atoms with E-state index in [4.69, 9.17) is 66.3 Å². The Labute approximate surface area is 673 Å². The van der Waals surface area contributed by atoms with Gasteiger partial charge in [0.25, 0.3) is 0 Å². The number of rotatable bonds is 32. The molecule has 16 rings (SSSR count). The zero-order valence-corrected chi connectivity index (χ0v) is 70.0. The monoisotopic (exact) mass is 1530 g/mol. The minimum atomic E-state index is -0.645. The van der Waals surface area contributed by atoms with E-state index in [9.17, 15) is 9.90 Å². The van der Waals surface area contributed by atoms with Crippen LogP contribution in [0.3, 0.4) is 0 Å².